The molecular formula is C4H10BF4Rh. The van der Waals surface area contributed by atoms with E-state index in [0.717, 1.165) is 0 Å². The Bertz CT molecular complexity index is 47.7. The maximum absolute atomic E-state index is 9.75. The quantitative estimate of drug-likeness (QED) is 0.494. The van der Waals surface area contributed by atoms with E-state index in [4.69, 9.17) is 0 Å². The molecule has 0 aromatic carbocycles. The molecule has 0 aromatic heterocycles. The zero-order valence-electron chi connectivity index (χ0n) is 5.84. The maximum Gasteiger partial charge on any atom is 1.00 e. The summed E-state index contributed by atoms with van der Waals surface area (Å²) >= 11 is 0. The second kappa shape index (κ2) is 9.41. The van der Waals surface area contributed by atoms with Crippen molar-refractivity contribution in [3.05, 3.63) is 0 Å². The van der Waals surface area contributed by atoms with Gasteiger partial charge in [-0.2, -0.15) is 0 Å². The van der Waals surface area contributed by atoms with Gasteiger partial charge in [-0.05, 0) is 0 Å². The van der Waals surface area contributed by atoms with E-state index in [2.05, 4.69) is 13.8 Å². The van der Waals surface area contributed by atoms with E-state index in [9.17, 15) is 17.3 Å². The van der Waals surface area contributed by atoms with Gasteiger partial charge in [0.1, 0.15) is 0 Å². The van der Waals surface area contributed by atoms with Crippen LogP contribution in [-0.2, 0) is 19.5 Å². The van der Waals surface area contributed by atoms with Crippen molar-refractivity contribution in [2.24, 2.45) is 0 Å². The molecule has 0 aromatic rings. The van der Waals surface area contributed by atoms with Crippen molar-refractivity contribution in [2.45, 2.75) is 26.7 Å². The van der Waals surface area contributed by atoms with Crippen LogP contribution in [0.2, 0.25) is 0 Å². The zero-order valence-corrected chi connectivity index (χ0v) is 7.48. The summed E-state index contributed by atoms with van der Waals surface area (Å²) < 4.78 is 39.0. The van der Waals surface area contributed by atoms with E-state index in [1.807, 2.05) is 0 Å². The SMILES string of the molecule is CCCC.F[B-](F)(F)F.[Rh+]. The Balaban J connectivity index is -0.0000000910. The molecule has 0 unspecified atom stereocenters. The van der Waals surface area contributed by atoms with Gasteiger partial charge in [-0.1, -0.05) is 26.7 Å². The van der Waals surface area contributed by atoms with Crippen molar-refractivity contribution in [3.8, 4) is 0 Å². The molecule has 66 valence electrons. The molecule has 0 bridgehead atoms. The fourth-order valence-corrected chi connectivity index (χ4v) is 0. The molecule has 0 heterocycles. The van der Waals surface area contributed by atoms with E-state index >= 15 is 0 Å². The summed E-state index contributed by atoms with van der Waals surface area (Å²) in [5, 5.41) is 0. The first-order valence-electron chi connectivity index (χ1n) is 2.79. The van der Waals surface area contributed by atoms with Crippen molar-refractivity contribution in [1.82, 2.24) is 0 Å². The minimum atomic E-state index is -6.00. The number of halogens is 4. The Labute approximate surface area is 71.2 Å². The first-order valence-corrected chi connectivity index (χ1v) is 2.79. The molecular weight excluding hydrogens is 238 g/mol. The van der Waals surface area contributed by atoms with Crippen LogP contribution in [0.25, 0.3) is 0 Å². The van der Waals surface area contributed by atoms with Gasteiger partial charge in [0.25, 0.3) is 0 Å². The molecule has 0 saturated carbocycles. The van der Waals surface area contributed by atoms with E-state index in [1.54, 1.807) is 0 Å². The van der Waals surface area contributed by atoms with Gasteiger partial charge in [-0.25, -0.2) is 0 Å². The third-order valence-corrected chi connectivity index (χ3v) is 0.500. The van der Waals surface area contributed by atoms with Gasteiger partial charge in [0.2, 0.25) is 0 Å². The van der Waals surface area contributed by atoms with Crippen molar-refractivity contribution < 1.29 is 36.7 Å². The summed E-state index contributed by atoms with van der Waals surface area (Å²) in [4.78, 5) is 0. The van der Waals surface area contributed by atoms with Gasteiger partial charge in [0.05, 0.1) is 0 Å². The third-order valence-electron chi connectivity index (χ3n) is 0.500. The molecule has 0 N–H and O–H groups in total. The van der Waals surface area contributed by atoms with Gasteiger partial charge >= 0.3 is 26.7 Å². The molecule has 0 rings (SSSR count). The Morgan fingerprint density at radius 3 is 1.00 bits per heavy atom. The minimum Gasteiger partial charge on any atom is -0.418 e. The molecule has 0 aliphatic carbocycles. The molecule has 0 spiro atoms. The largest absolute Gasteiger partial charge is 1.00 e. The molecule has 0 nitrogen and oxygen atoms in total. The normalized spacial score (nSPS) is 9.00. The van der Waals surface area contributed by atoms with Crippen LogP contribution in [-0.4, -0.2) is 7.25 Å². The van der Waals surface area contributed by atoms with Crippen LogP contribution in [0.15, 0.2) is 0 Å². The third kappa shape index (κ3) is 233. The molecule has 0 amide bonds. The maximum atomic E-state index is 9.75. The Morgan fingerprint density at radius 2 is 1.00 bits per heavy atom. The van der Waals surface area contributed by atoms with Gasteiger partial charge < -0.3 is 17.3 Å². The molecule has 0 aliphatic heterocycles. The predicted octanol–water partition coefficient (Wildman–Crippen LogP) is 3.10. The molecule has 0 atom stereocenters. The summed E-state index contributed by atoms with van der Waals surface area (Å²) in [5.41, 5.74) is 0. The van der Waals surface area contributed by atoms with Crippen molar-refractivity contribution in [2.75, 3.05) is 0 Å². The van der Waals surface area contributed by atoms with Crippen molar-refractivity contribution in [3.63, 3.8) is 0 Å². The number of hydrogen-bond acceptors (Lipinski definition) is 0. The minimum absolute atomic E-state index is 0. The molecule has 0 radical (unpaired) electrons. The van der Waals surface area contributed by atoms with E-state index in [-0.39, 0.29) is 19.5 Å². The Kier molecular flexibility index (Phi) is 15.8. The summed E-state index contributed by atoms with van der Waals surface area (Å²) in [6.45, 7) is 4.36. The fourth-order valence-electron chi connectivity index (χ4n) is 0. The number of rotatable bonds is 1. The molecule has 0 saturated heterocycles. The monoisotopic (exact) mass is 248 g/mol. The van der Waals surface area contributed by atoms with E-state index < -0.39 is 7.25 Å². The Morgan fingerprint density at radius 1 is 0.900 bits per heavy atom. The average Bonchev–Trinajstić information content (AvgIpc) is 1.61. The topological polar surface area (TPSA) is 0 Å². The van der Waals surface area contributed by atoms with Crippen molar-refractivity contribution >= 4 is 7.25 Å². The van der Waals surface area contributed by atoms with Gasteiger partial charge in [0, 0.05) is 0 Å². The smallest absolute Gasteiger partial charge is 0.418 e. The molecule has 0 aliphatic rings. The van der Waals surface area contributed by atoms with Crippen LogP contribution in [0.5, 0.6) is 0 Å². The van der Waals surface area contributed by atoms with Crippen LogP contribution in [0.3, 0.4) is 0 Å². The first-order chi connectivity index (χ1) is 3.91. The van der Waals surface area contributed by atoms with E-state index in [1.165, 1.54) is 12.8 Å². The van der Waals surface area contributed by atoms with Crippen LogP contribution >= 0.6 is 0 Å². The summed E-state index contributed by atoms with van der Waals surface area (Å²) in [7, 11) is -6.00. The van der Waals surface area contributed by atoms with Crippen LogP contribution in [0, 0.1) is 0 Å². The molecule has 0 fully saturated rings. The predicted molar refractivity (Wildman–Crippen MR) is 30.8 cm³/mol. The summed E-state index contributed by atoms with van der Waals surface area (Å²) in [6.07, 6.45) is 2.64. The molecule has 10 heavy (non-hydrogen) atoms. The molecule has 6 heteroatoms. The van der Waals surface area contributed by atoms with E-state index in [0.29, 0.717) is 0 Å². The number of hydrogen-bond donors (Lipinski definition) is 0. The number of unbranched alkanes of at least 4 members (excludes halogenated alkanes) is 1. The fraction of sp³-hybridized carbons (Fsp3) is 1.00. The van der Waals surface area contributed by atoms with Crippen molar-refractivity contribution in [1.29, 1.82) is 0 Å². The van der Waals surface area contributed by atoms with Crippen LogP contribution in [0.1, 0.15) is 26.7 Å². The standard InChI is InChI=1S/C4H10.BF4.Rh/c1-3-4-2;2-1(3,4)5;/h3-4H2,1-2H3;;/q;-1;+1. The van der Waals surface area contributed by atoms with Crippen LogP contribution in [0.4, 0.5) is 17.3 Å². The summed E-state index contributed by atoms with van der Waals surface area (Å²) in [6, 6.07) is 0. The average molecular weight is 248 g/mol. The van der Waals surface area contributed by atoms with Gasteiger partial charge in [-0.3, -0.25) is 0 Å². The second-order valence-corrected chi connectivity index (χ2v) is 1.49. The van der Waals surface area contributed by atoms with Gasteiger partial charge in [0.15, 0.2) is 0 Å². The first kappa shape index (κ1) is 16.8. The summed E-state index contributed by atoms with van der Waals surface area (Å²) in [5.74, 6) is 0. The van der Waals surface area contributed by atoms with Crippen LogP contribution < -0.4 is 0 Å². The zero-order chi connectivity index (χ0) is 7.91. The van der Waals surface area contributed by atoms with Gasteiger partial charge in [-0.15, -0.1) is 0 Å². The second-order valence-electron chi connectivity index (χ2n) is 1.49. The Hall–Kier alpha value is 0.408.